The average molecular weight is 319 g/mol. The van der Waals surface area contributed by atoms with Crippen molar-refractivity contribution in [3.05, 3.63) is 23.8 Å². The van der Waals surface area contributed by atoms with E-state index in [1.165, 1.54) is 19.2 Å². The molecule has 1 aromatic carbocycles. The van der Waals surface area contributed by atoms with Gasteiger partial charge in [0.15, 0.2) is 17.1 Å². The summed E-state index contributed by atoms with van der Waals surface area (Å²) >= 11 is 0. The Bertz CT molecular complexity index is 561. The van der Waals surface area contributed by atoms with Gasteiger partial charge < -0.3 is 25.0 Å². The molecule has 1 amide bonds. The normalized spacial score (nSPS) is 13.4. The van der Waals surface area contributed by atoms with Crippen molar-refractivity contribution in [1.82, 2.24) is 5.32 Å². The van der Waals surface area contributed by atoms with Crippen molar-refractivity contribution in [2.24, 2.45) is 0 Å². The molecule has 0 bridgehead atoms. The topological polar surface area (TPSA) is 105 Å². The highest BCUT2D eigenvalue weighted by atomic mass is 19.3. The van der Waals surface area contributed by atoms with Crippen LogP contribution in [0.4, 0.5) is 8.78 Å². The standard InChI is InChI=1S/C13H15F2NO6/c1-13(20,11(18)19)6-16-10(17)7-3-4-8(21-2)9(5-7)22-12(14)15/h3-5,12,20H,6H2,1-2H3,(H,16,17)(H,18,19). The third-order valence-electron chi connectivity index (χ3n) is 2.70. The van der Waals surface area contributed by atoms with Crippen LogP contribution in [0.15, 0.2) is 18.2 Å². The van der Waals surface area contributed by atoms with E-state index in [1.807, 2.05) is 0 Å². The molecule has 0 aromatic heterocycles. The first-order valence-electron chi connectivity index (χ1n) is 6.04. The first-order chi connectivity index (χ1) is 10.2. The molecule has 0 aliphatic heterocycles. The molecule has 1 aromatic rings. The van der Waals surface area contributed by atoms with E-state index in [0.29, 0.717) is 0 Å². The Kier molecular flexibility index (Phi) is 5.63. The molecular weight excluding hydrogens is 304 g/mol. The third-order valence-corrected chi connectivity index (χ3v) is 2.70. The molecule has 3 N–H and O–H groups in total. The zero-order valence-electron chi connectivity index (χ0n) is 11.8. The monoisotopic (exact) mass is 319 g/mol. The summed E-state index contributed by atoms with van der Waals surface area (Å²) in [4.78, 5) is 22.6. The number of methoxy groups -OCH3 is 1. The lowest BCUT2D eigenvalue weighted by Gasteiger charge is -2.18. The maximum absolute atomic E-state index is 12.3. The molecule has 0 heterocycles. The summed E-state index contributed by atoms with van der Waals surface area (Å²) in [6.45, 7) is -2.65. The van der Waals surface area contributed by atoms with Crippen molar-refractivity contribution in [1.29, 1.82) is 0 Å². The number of carbonyl (C=O) groups excluding carboxylic acids is 1. The predicted octanol–water partition coefficient (Wildman–Crippen LogP) is 0.862. The fourth-order valence-electron chi connectivity index (χ4n) is 1.44. The smallest absolute Gasteiger partial charge is 0.387 e. The first-order valence-corrected chi connectivity index (χ1v) is 6.04. The summed E-state index contributed by atoms with van der Waals surface area (Å²) < 4.78 is 33.6. The fourth-order valence-corrected chi connectivity index (χ4v) is 1.44. The highest BCUT2D eigenvalue weighted by Gasteiger charge is 2.30. The van der Waals surface area contributed by atoms with Gasteiger partial charge in [0.25, 0.3) is 5.91 Å². The van der Waals surface area contributed by atoms with Gasteiger partial charge in [0.2, 0.25) is 0 Å². The number of carbonyl (C=O) groups is 2. The number of carboxylic acid groups (broad SMARTS) is 1. The van der Waals surface area contributed by atoms with Gasteiger partial charge in [0.05, 0.1) is 13.7 Å². The van der Waals surface area contributed by atoms with E-state index < -0.39 is 30.6 Å². The lowest BCUT2D eigenvalue weighted by atomic mass is 10.1. The van der Waals surface area contributed by atoms with Crippen LogP contribution in [0.5, 0.6) is 11.5 Å². The number of halogens is 2. The van der Waals surface area contributed by atoms with Gasteiger partial charge in [0.1, 0.15) is 0 Å². The number of rotatable bonds is 7. The Hall–Kier alpha value is -2.42. The molecule has 1 unspecified atom stereocenters. The zero-order valence-corrected chi connectivity index (χ0v) is 11.8. The molecule has 0 aliphatic rings. The summed E-state index contributed by atoms with van der Waals surface area (Å²) in [5.41, 5.74) is -2.21. The Morgan fingerprint density at radius 2 is 2.00 bits per heavy atom. The Morgan fingerprint density at radius 1 is 1.36 bits per heavy atom. The molecule has 0 fully saturated rings. The number of ether oxygens (including phenoxy) is 2. The number of aliphatic carboxylic acids is 1. The van der Waals surface area contributed by atoms with Crippen LogP contribution >= 0.6 is 0 Å². The number of aliphatic hydroxyl groups is 1. The molecule has 22 heavy (non-hydrogen) atoms. The van der Waals surface area contributed by atoms with Gasteiger partial charge in [-0.25, -0.2) is 4.79 Å². The number of nitrogens with one attached hydrogen (secondary N) is 1. The highest BCUT2D eigenvalue weighted by Crippen LogP contribution is 2.29. The molecule has 0 spiro atoms. The number of hydrogen-bond donors (Lipinski definition) is 3. The molecular formula is C13H15F2NO6. The molecule has 0 radical (unpaired) electrons. The lowest BCUT2D eigenvalue weighted by molar-refractivity contribution is -0.155. The first kappa shape index (κ1) is 17.6. The quantitative estimate of drug-likeness (QED) is 0.688. The van der Waals surface area contributed by atoms with Crippen LogP contribution in [0, 0.1) is 0 Å². The molecule has 1 rings (SSSR count). The van der Waals surface area contributed by atoms with Crippen LogP contribution in [-0.4, -0.2) is 48.0 Å². The Balaban J connectivity index is 2.88. The Labute approximate surface area is 124 Å². The van der Waals surface area contributed by atoms with Gasteiger partial charge in [0, 0.05) is 5.56 Å². The number of benzene rings is 1. The molecule has 0 saturated heterocycles. The minimum Gasteiger partial charge on any atom is -0.493 e. The minimum atomic E-state index is -3.10. The number of carboxylic acids is 1. The minimum absolute atomic E-state index is 0.00869. The van der Waals surface area contributed by atoms with Crippen LogP contribution in [0.25, 0.3) is 0 Å². The van der Waals surface area contributed by atoms with E-state index >= 15 is 0 Å². The van der Waals surface area contributed by atoms with Crippen LogP contribution in [0.2, 0.25) is 0 Å². The SMILES string of the molecule is COc1ccc(C(=O)NCC(C)(O)C(=O)O)cc1OC(F)F. The predicted molar refractivity (Wildman–Crippen MR) is 70.2 cm³/mol. The van der Waals surface area contributed by atoms with E-state index in [2.05, 4.69) is 10.1 Å². The number of hydrogen-bond acceptors (Lipinski definition) is 5. The second-order valence-corrected chi connectivity index (χ2v) is 4.51. The van der Waals surface area contributed by atoms with Gasteiger partial charge in [-0.05, 0) is 25.1 Å². The van der Waals surface area contributed by atoms with Gasteiger partial charge in [-0.15, -0.1) is 0 Å². The van der Waals surface area contributed by atoms with E-state index in [4.69, 9.17) is 9.84 Å². The summed E-state index contributed by atoms with van der Waals surface area (Å²) in [7, 11) is 1.25. The average Bonchev–Trinajstić information content (AvgIpc) is 2.44. The van der Waals surface area contributed by atoms with Crippen molar-refractivity contribution in [2.75, 3.05) is 13.7 Å². The summed E-state index contributed by atoms with van der Waals surface area (Å²) in [5.74, 6) is -2.60. The maximum Gasteiger partial charge on any atom is 0.387 e. The summed E-state index contributed by atoms with van der Waals surface area (Å²) in [6.07, 6.45) is 0. The van der Waals surface area contributed by atoms with E-state index in [0.717, 1.165) is 13.0 Å². The Morgan fingerprint density at radius 3 is 2.50 bits per heavy atom. The largest absolute Gasteiger partial charge is 0.493 e. The van der Waals surface area contributed by atoms with Gasteiger partial charge in [-0.1, -0.05) is 0 Å². The van der Waals surface area contributed by atoms with Crippen molar-refractivity contribution in [2.45, 2.75) is 19.1 Å². The highest BCUT2D eigenvalue weighted by molar-refractivity contribution is 5.95. The molecule has 1 atom stereocenters. The van der Waals surface area contributed by atoms with Crippen molar-refractivity contribution in [3.63, 3.8) is 0 Å². The number of alkyl halides is 2. The zero-order chi connectivity index (χ0) is 16.9. The number of amides is 1. The van der Waals surface area contributed by atoms with Gasteiger partial charge in [-0.2, -0.15) is 8.78 Å². The second kappa shape index (κ2) is 7.03. The third kappa shape index (κ3) is 4.55. The molecule has 0 saturated carbocycles. The van der Waals surface area contributed by atoms with Crippen LogP contribution in [-0.2, 0) is 4.79 Å². The molecule has 9 heteroatoms. The lowest BCUT2D eigenvalue weighted by Crippen LogP contribution is -2.46. The van der Waals surface area contributed by atoms with E-state index in [9.17, 15) is 23.5 Å². The second-order valence-electron chi connectivity index (χ2n) is 4.51. The van der Waals surface area contributed by atoms with Crippen molar-refractivity contribution in [3.8, 4) is 11.5 Å². The summed E-state index contributed by atoms with van der Waals surface area (Å²) in [6, 6.07) is 3.56. The van der Waals surface area contributed by atoms with Crippen LogP contribution < -0.4 is 14.8 Å². The maximum atomic E-state index is 12.3. The molecule has 7 nitrogen and oxygen atoms in total. The molecule has 122 valence electrons. The van der Waals surface area contributed by atoms with Crippen molar-refractivity contribution < 1.29 is 38.1 Å². The molecule has 0 aliphatic carbocycles. The van der Waals surface area contributed by atoms with Gasteiger partial charge >= 0.3 is 12.6 Å². The fraction of sp³-hybridized carbons (Fsp3) is 0.385. The van der Waals surface area contributed by atoms with Gasteiger partial charge in [-0.3, -0.25) is 4.79 Å². The van der Waals surface area contributed by atoms with Crippen molar-refractivity contribution >= 4 is 11.9 Å². The van der Waals surface area contributed by atoms with Crippen LogP contribution in [0.3, 0.4) is 0 Å². The van der Waals surface area contributed by atoms with E-state index in [-0.39, 0.29) is 17.1 Å². The summed E-state index contributed by atoms with van der Waals surface area (Å²) in [5, 5.41) is 20.4. The van der Waals surface area contributed by atoms with E-state index in [1.54, 1.807) is 0 Å². The van der Waals surface area contributed by atoms with Crippen LogP contribution in [0.1, 0.15) is 17.3 Å².